The quantitative estimate of drug-likeness (QED) is 0.486. The molecule has 2 aliphatic heterocycles. The zero-order chi connectivity index (χ0) is 6.16. The average molecular weight is 193 g/mol. The van der Waals surface area contributed by atoms with Crippen molar-refractivity contribution >= 4 is 14.6 Å². The molecule has 0 aromatic carbocycles. The van der Waals surface area contributed by atoms with Gasteiger partial charge in [-0.1, -0.05) is 0 Å². The van der Waals surface area contributed by atoms with Gasteiger partial charge in [0.05, 0.1) is 0 Å². The van der Waals surface area contributed by atoms with Crippen LogP contribution in [0.3, 0.4) is 0 Å². The summed E-state index contributed by atoms with van der Waals surface area (Å²) in [6, 6.07) is 0. The summed E-state index contributed by atoms with van der Waals surface area (Å²) in [5.41, 5.74) is 0. The van der Waals surface area contributed by atoms with Gasteiger partial charge in [-0.3, -0.25) is 0 Å². The van der Waals surface area contributed by atoms with Gasteiger partial charge in [0.15, 0.2) is 0 Å². The minimum atomic E-state index is -2.94. The Hall–Kier alpha value is 0.383. The summed E-state index contributed by atoms with van der Waals surface area (Å²) in [7, 11) is 0. The molecule has 1 spiro atoms. The molecule has 2 rings (SSSR count). The molecule has 2 saturated heterocycles. The van der Waals surface area contributed by atoms with Crippen LogP contribution in [0.2, 0.25) is 0 Å². The van der Waals surface area contributed by atoms with Crippen LogP contribution in [0.15, 0.2) is 0 Å². The van der Waals surface area contributed by atoms with Crippen LogP contribution in [0.25, 0.3) is 0 Å². The van der Waals surface area contributed by atoms with E-state index in [-0.39, 0.29) is 0 Å². The van der Waals surface area contributed by atoms with E-state index in [0.717, 1.165) is 0 Å². The first-order valence-electron chi connectivity index (χ1n) is 2.97. The van der Waals surface area contributed by atoms with Crippen LogP contribution in [0.1, 0.15) is 0 Å². The molecule has 5 heteroatoms. The molecule has 4 nitrogen and oxygen atoms in total. The second kappa shape index (κ2) is 2.21. The van der Waals surface area contributed by atoms with Crippen molar-refractivity contribution in [3.05, 3.63) is 0 Å². The van der Waals surface area contributed by atoms with Crippen molar-refractivity contribution < 1.29 is 15.1 Å². The summed E-state index contributed by atoms with van der Waals surface area (Å²) >= 11 is -2.94. The molecular formula is C4H8GeO4. The van der Waals surface area contributed by atoms with Crippen molar-refractivity contribution in [3.8, 4) is 0 Å². The molecule has 0 atom stereocenters. The Kier molecular flexibility index (Phi) is 1.50. The average Bonchev–Trinajstić information content (AvgIpc) is 2.45. The molecule has 0 unspecified atom stereocenters. The van der Waals surface area contributed by atoms with E-state index >= 15 is 0 Å². The Labute approximate surface area is 56.8 Å². The molecule has 0 aromatic heterocycles. The Balaban J connectivity index is 2.04. The fourth-order valence-corrected chi connectivity index (χ4v) is 4.76. The second-order valence-corrected chi connectivity index (χ2v) is 6.41. The van der Waals surface area contributed by atoms with Gasteiger partial charge in [-0.25, -0.2) is 0 Å². The third-order valence-corrected chi connectivity index (χ3v) is 5.96. The van der Waals surface area contributed by atoms with Crippen LogP contribution >= 0.6 is 0 Å². The summed E-state index contributed by atoms with van der Waals surface area (Å²) in [6.07, 6.45) is 0. The predicted octanol–water partition coefficient (Wildman–Crippen LogP) is -0.484. The van der Waals surface area contributed by atoms with E-state index in [4.69, 9.17) is 15.1 Å². The van der Waals surface area contributed by atoms with E-state index < -0.39 is 14.6 Å². The van der Waals surface area contributed by atoms with Crippen LogP contribution in [-0.2, 0) is 15.1 Å². The molecule has 2 heterocycles. The van der Waals surface area contributed by atoms with Crippen molar-refractivity contribution in [3.63, 3.8) is 0 Å². The summed E-state index contributed by atoms with van der Waals surface area (Å²) in [6.45, 7) is 2.56. The van der Waals surface area contributed by atoms with Gasteiger partial charge in [-0.05, 0) is 0 Å². The number of rotatable bonds is 0. The third kappa shape index (κ3) is 1.01. The van der Waals surface area contributed by atoms with E-state index in [0.29, 0.717) is 26.4 Å². The Morgan fingerprint density at radius 1 is 0.667 bits per heavy atom. The zero-order valence-corrected chi connectivity index (χ0v) is 7.06. The number of hydrogen-bond acceptors (Lipinski definition) is 4. The van der Waals surface area contributed by atoms with Gasteiger partial charge in [0.2, 0.25) is 0 Å². The summed E-state index contributed by atoms with van der Waals surface area (Å²) in [5.74, 6) is 0. The monoisotopic (exact) mass is 194 g/mol. The minimum absolute atomic E-state index is 0.639. The van der Waals surface area contributed by atoms with Gasteiger partial charge >= 0.3 is 56.1 Å². The zero-order valence-electron chi connectivity index (χ0n) is 4.96. The molecule has 0 saturated carbocycles. The van der Waals surface area contributed by atoms with Crippen molar-refractivity contribution in [1.82, 2.24) is 0 Å². The SMILES string of the molecule is C1C[O][Ge]2([O]1)[O]CC[O]2. The van der Waals surface area contributed by atoms with Crippen molar-refractivity contribution in [2.24, 2.45) is 0 Å². The standard InChI is InChI=1S/C4H8GeO4/c1-2-7-5(6-1)8-3-4-9-5/h1-4H2. The van der Waals surface area contributed by atoms with E-state index in [1.165, 1.54) is 0 Å². The molecule has 9 heavy (non-hydrogen) atoms. The van der Waals surface area contributed by atoms with Crippen molar-refractivity contribution in [2.45, 2.75) is 0 Å². The van der Waals surface area contributed by atoms with Crippen LogP contribution in [0, 0.1) is 0 Å². The van der Waals surface area contributed by atoms with Crippen LogP contribution in [0.4, 0.5) is 0 Å². The van der Waals surface area contributed by atoms with Crippen molar-refractivity contribution in [2.75, 3.05) is 26.4 Å². The third-order valence-electron chi connectivity index (χ3n) is 1.28. The molecule has 0 aliphatic carbocycles. The van der Waals surface area contributed by atoms with Crippen molar-refractivity contribution in [1.29, 1.82) is 0 Å². The van der Waals surface area contributed by atoms with Gasteiger partial charge in [-0.2, -0.15) is 0 Å². The van der Waals surface area contributed by atoms with Gasteiger partial charge in [-0.15, -0.1) is 0 Å². The Bertz CT molecular complexity index is 87.6. The maximum absolute atomic E-state index is 5.22. The molecular weight excluding hydrogens is 185 g/mol. The molecule has 0 aromatic rings. The van der Waals surface area contributed by atoms with E-state index in [1.54, 1.807) is 0 Å². The van der Waals surface area contributed by atoms with Gasteiger partial charge in [0.25, 0.3) is 0 Å². The first kappa shape index (κ1) is 6.12. The van der Waals surface area contributed by atoms with Gasteiger partial charge < -0.3 is 0 Å². The molecule has 0 N–H and O–H groups in total. The molecule has 2 aliphatic rings. The number of hydrogen-bond donors (Lipinski definition) is 0. The van der Waals surface area contributed by atoms with Crippen LogP contribution in [-0.4, -0.2) is 41.0 Å². The molecule has 0 amide bonds. The fourth-order valence-electron chi connectivity index (χ4n) is 0.917. The Morgan fingerprint density at radius 2 is 1.00 bits per heavy atom. The summed E-state index contributed by atoms with van der Waals surface area (Å²) in [4.78, 5) is 0. The first-order valence-corrected chi connectivity index (χ1v) is 6.40. The molecule has 0 radical (unpaired) electrons. The van der Waals surface area contributed by atoms with Gasteiger partial charge in [0.1, 0.15) is 0 Å². The predicted molar refractivity (Wildman–Crippen MR) is 29.6 cm³/mol. The topological polar surface area (TPSA) is 36.9 Å². The van der Waals surface area contributed by atoms with Crippen LogP contribution < -0.4 is 0 Å². The van der Waals surface area contributed by atoms with Gasteiger partial charge in [0, 0.05) is 0 Å². The maximum atomic E-state index is 5.22. The van der Waals surface area contributed by atoms with E-state index in [9.17, 15) is 0 Å². The van der Waals surface area contributed by atoms with Crippen LogP contribution in [0.5, 0.6) is 0 Å². The first-order chi connectivity index (χ1) is 4.41. The molecule has 0 bridgehead atoms. The summed E-state index contributed by atoms with van der Waals surface area (Å²) < 4.78 is 20.9. The summed E-state index contributed by atoms with van der Waals surface area (Å²) in [5, 5.41) is 0. The van der Waals surface area contributed by atoms with E-state index in [1.807, 2.05) is 0 Å². The Morgan fingerprint density at radius 3 is 1.33 bits per heavy atom. The fraction of sp³-hybridized carbons (Fsp3) is 1.00. The molecule has 2 fully saturated rings. The van der Waals surface area contributed by atoms with E-state index in [2.05, 4.69) is 0 Å². The molecule has 52 valence electrons. The normalized spacial score (nSPS) is 32.0. The second-order valence-electron chi connectivity index (χ2n) is 1.89.